The Bertz CT molecular complexity index is 620. The number of alkyl halides is 3. The molecule has 0 aliphatic rings. The van der Waals surface area contributed by atoms with Crippen LogP contribution in [0.2, 0.25) is 5.02 Å². The highest BCUT2D eigenvalue weighted by Crippen LogP contribution is 2.28. The van der Waals surface area contributed by atoms with Crippen molar-refractivity contribution in [2.45, 2.75) is 11.9 Å². The Morgan fingerprint density at radius 1 is 1.19 bits per heavy atom. The maximum absolute atomic E-state index is 12.3. The molecule has 1 heterocycles. The Morgan fingerprint density at radius 2 is 1.86 bits per heavy atom. The van der Waals surface area contributed by atoms with Crippen LogP contribution in [0, 0.1) is 0 Å². The van der Waals surface area contributed by atoms with Gasteiger partial charge in [0, 0.05) is 16.3 Å². The van der Waals surface area contributed by atoms with Crippen LogP contribution in [0.1, 0.15) is 20.8 Å². The van der Waals surface area contributed by atoms with E-state index in [9.17, 15) is 18.0 Å². The summed E-state index contributed by atoms with van der Waals surface area (Å²) in [6.07, 6.45) is -4.19. The molecule has 1 nitrogen and oxygen atoms in total. The molecule has 2 aromatic rings. The van der Waals surface area contributed by atoms with Gasteiger partial charge in [-0.3, -0.25) is 4.79 Å². The van der Waals surface area contributed by atoms with E-state index in [0.717, 1.165) is 11.8 Å². The second-order valence-electron chi connectivity index (χ2n) is 4.22. The number of thioether (sulfide) groups is 1. The third-order valence-corrected chi connectivity index (χ3v) is 4.84. The van der Waals surface area contributed by atoms with Crippen molar-refractivity contribution in [3.8, 4) is 0 Å². The molecular formula is C14H10ClF3OS2. The van der Waals surface area contributed by atoms with Crippen LogP contribution in [0.25, 0.3) is 0 Å². The minimum Gasteiger partial charge on any atom is -0.288 e. The highest BCUT2D eigenvalue weighted by molar-refractivity contribution is 7.98. The van der Waals surface area contributed by atoms with Crippen LogP contribution < -0.4 is 0 Å². The van der Waals surface area contributed by atoms with Crippen molar-refractivity contribution in [2.75, 3.05) is 5.75 Å². The molecular weight excluding hydrogens is 341 g/mol. The summed E-state index contributed by atoms with van der Waals surface area (Å²) in [6.45, 7) is 0. The van der Waals surface area contributed by atoms with Gasteiger partial charge in [-0.15, -0.1) is 23.1 Å². The maximum Gasteiger partial charge on any atom is 0.397 e. The molecule has 0 unspecified atom stereocenters. The quantitative estimate of drug-likeness (QED) is 0.669. The van der Waals surface area contributed by atoms with Crippen LogP contribution in [0.15, 0.2) is 35.7 Å². The van der Waals surface area contributed by atoms with E-state index in [4.69, 9.17) is 11.6 Å². The molecule has 2 rings (SSSR count). The molecule has 7 heteroatoms. The molecule has 21 heavy (non-hydrogen) atoms. The normalized spacial score (nSPS) is 11.6. The summed E-state index contributed by atoms with van der Waals surface area (Å²) in [5.74, 6) is -0.945. The van der Waals surface area contributed by atoms with E-state index in [0.29, 0.717) is 21.0 Å². The van der Waals surface area contributed by atoms with Gasteiger partial charge < -0.3 is 0 Å². The lowest BCUT2D eigenvalue weighted by atomic mass is 10.1. The lowest BCUT2D eigenvalue weighted by Gasteiger charge is -2.06. The molecule has 0 radical (unpaired) electrons. The fourth-order valence-corrected chi connectivity index (χ4v) is 3.55. The van der Waals surface area contributed by atoms with E-state index in [1.807, 2.05) is 0 Å². The third-order valence-electron chi connectivity index (χ3n) is 2.58. The van der Waals surface area contributed by atoms with E-state index in [1.165, 1.54) is 11.3 Å². The summed E-state index contributed by atoms with van der Waals surface area (Å²) in [5, 5.41) is 2.24. The first-order valence-electron chi connectivity index (χ1n) is 5.88. The lowest BCUT2D eigenvalue weighted by molar-refractivity contribution is -0.105. The zero-order chi connectivity index (χ0) is 15.5. The van der Waals surface area contributed by atoms with Gasteiger partial charge in [0.05, 0.1) is 10.6 Å². The Morgan fingerprint density at radius 3 is 2.48 bits per heavy atom. The van der Waals surface area contributed by atoms with Crippen molar-refractivity contribution in [3.05, 3.63) is 56.7 Å². The number of rotatable bonds is 5. The number of ketones is 1. The molecule has 0 fully saturated rings. The molecule has 0 amide bonds. The van der Waals surface area contributed by atoms with Gasteiger partial charge in [-0.1, -0.05) is 11.6 Å². The predicted octanol–water partition coefficient (Wildman–Crippen LogP) is 5.43. The topological polar surface area (TPSA) is 17.1 Å². The van der Waals surface area contributed by atoms with Gasteiger partial charge in [0.25, 0.3) is 0 Å². The molecule has 0 aliphatic carbocycles. The van der Waals surface area contributed by atoms with Crippen molar-refractivity contribution < 1.29 is 18.0 Å². The first-order valence-corrected chi connectivity index (χ1v) is 8.29. The average molecular weight is 351 g/mol. The number of hydrogen-bond donors (Lipinski definition) is 0. The molecule has 0 saturated heterocycles. The molecule has 0 saturated carbocycles. The zero-order valence-corrected chi connectivity index (χ0v) is 13.0. The molecule has 0 aliphatic heterocycles. The van der Waals surface area contributed by atoms with Crippen molar-refractivity contribution >= 4 is 40.5 Å². The van der Waals surface area contributed by atoms with Gasteiger partial charge in [-0.2, -0.15) is 13.2 Å². The minimum atomic E-state index is -4.19. The molecule has 0 bridgehead atoms. The van der Waals surface area contributed by atoms with Crippen LogP contribution in [-0.2, 0) is 5.75 Å². The van der Waals surface area contributed by atoms with Crippen LogP contribution >= 0.6 is 34.7 Å². The largest absolute Gasteiger partial charge is 0.397 e. The second-order valence-corrected chi connectivity index (χ2v) is 6.56. The summed E-state index contributed by atoms with van der Waals surface area (Å²) in [4.78, 5) is 12.8. The number of benzene rings is 1. The Hall–Kier alpha value is -0.980. The SMILES string of the molecule is O=C(c1ccc(Cl)cc1)c1sccc1CSCC(F)(F)F. The van der Waals surface area contributed by atoms with Crippen molar-refractivity contribution in [3.63, 3.8) is 0 Å². The molecule has 112 valence electrons. The van der Waals surface area contributed by atoms with Crippen molar-refractivity contribution in [2.24, 2.45) is 0 Å². The first-order chi connectivity index (χ1) is 9.87. The van der Waals surface area contributed by atoms with Crippen LogP contribution in [0.4, 0.5) is 13.2 Å². The highest BCUT2D eigenvalue weighted by atomic mass is 35.5. The van der Waals surface area contributed by atoms with E-state index >= 15 is 0 Å². The lowest BCUT2D eigenvalue weighted by Crippen LogP contribution is -2.11. The Kier molecular flexibility index (Phi) is 5.35. The van der Waals surface area contributed by atoms with Crippen LogP contribution in [0.5, 0.6) is 0 Å². The molecule has 1 aromatic carbocycles. The summed E-state index contributed by atoms with van der Waals surface area (Å²) in [7, 11) is 0. The molecule has 0 spiro atoms. The smallest absolute Gasteiger partial charge is 0.288 e. The van der Waals surface area contributed by atoms with Crippen molar-refractivity contribution in [1.29, 1.82) is 0 Å². The second kappa shape index (κ2) is 6.85. The van der Waals surface area contributed by atoms with E-state index < -0.39 is 11.9 Å². The summed E-state index contributed by atoms with van der Waals surface area (Å²) >= 11 is 7.76. The van der Waals surface area contributed by atoms with E-state index in [-0.39, 0.29) is 11.5 Å². The number of carbonyl (C=O) groups is 1. The molecule has 0 atom stereocenters. The molecule has 0 N–H and O–H groups in total. The van der Waals surface area contributed by atoms with E-state index in [2.05, 4.69) is 0 Å². The average Bonchev–Trinajstić information content (AvgIpc) is 2.86. The van der Waals surface area contributed by atoms with Crippen molar-refractivity contribution in [1.82, 2.24) is 0 Å². The summed E-state index contributed by atoms with van der Waals surface area (Å²) < 4.78 is 36.4. The van der Waals surface area contributed by atoms with Gasteiger partial charge >= 0.3 is 6.18 Å². The van der Waals surface area contributed by atoms with Gasteiger partial charge in [0.15, 0.2) is 0 Å². The number of thiophene rings is 1. The fraction of sp³-hybridized carbons (Fsp3) is 0.214. The fourth-order valence-electron chi connectivity index (χ4n) is 1.66. The third kappa shape index (κ3) is 4.76. The van der Waals surface area contributed by atoms with E-state index in [1.54, 1.807) is 35.7 Å². The first kappa shape index (κ1) is 16.4. The number of hydrogen-bond acceptors (Lipinski definition) is 3. The van der Waals surface area contributed by atoms with Crippen LogP contribution in [-0.4, -0.2) is 17.7 Å². The van der Waals surface area contributed by atoms with Gasteiger partial charge in [-0.05, 0) is 41.3 Å². The zero-order valence-electron chi connectivity index (χ0n) is 10.6. The standard InChI is InChI=1S/C14H10ClF3OS2/c15-11-3-1-9(2-4-11)12(19)13-10(5-6-21-13)7-20-8-14(16,17)18/h1-6H,7-8H2. The highest BCUT2D eigenvalue weighted by Gasteiger charge is 2.27. The summed E-state index contributed by atoms with van der Waals surface area (Å²) in [5.41, 5.74) is 1.11. The van der Waals surface area contributed by atoms with Gasteiger partial charge in [-0.25, -0.2) is 0 Å². The molecule has 1 aromatic heterocycles. The monoisotopic (exact) mass is 350 g/mol. The maximum atomic E-state index is 12.3. The predicted molar refractivity (Wildman–Crippen MR) is 81.4 cm³/mol. The van der Waals surface area contributed by atoms with Gasteiger partial charge in [0.2, 0.25) is 5.78 Å². The Balaban J connectivity index is 2.09. The minimum absolute atomic E-state index is 0.164. The summed E-state index contributed by atoms with van der Waals surface area (Å²) in [6, 6.07) is 8.13. The van der Waals surface area contributed by atoms with Gasteiger partial charge in [0.1, 0.15) is 0 Å². The number of carbonyl (C=O) groups excluding carboxylic acids is 1. The Labute approximate surface area is 133 Å². The van der Waals surface area contributed by atoms with Crippen LogP contribution in [0.3, 0.4) is 0 Å². The number of halogens is 4.